The van der Waals surface area contributed by atoms with E-state index in [9.17, 15) is 14.9 Å². The Morgan fingerprint density at radius 3 is 2.69 bits per heavy atom. The second-order valence-electron chi connectivity index (χ2n) is 7.13. The molecule has 1 aromatic heterocycles. The van der Waals surface area contributed by atoms with Crippen LogP contribution in [0, 0.1) is 17.0 Å². The lowest BCUT2D eigenvalue weighted by Gasteiger charge is -2.26. The number of hydrogen-bond acceptors (Lipinski definition) is 3. The Morgan fingerprint density at radius 1 is 1.23 bits per heavy atom. The number of nitrogens with one attached hydrogen (secondary N) is 2. The van der Waals surface area contributed by atoms with E-state index >= 15 is 0 Å². The molecule has 1 heterocycles. The van der Waals surface area contributed by atoms with Gasteiger partial charge in [-0.05, 0) is 18.6 Å². The average molecular weight is 351 g/mol. The fourth-order valence-corrected chi connectivity index (χ4v) is 2.97. The number of rotatable bonds is 5. The highest BCUT2D eigenvalue weighted by Crippen LogP contribution is 2.25. The van der Waals surface area contributed by atoms with Gasteiger partial charge in [-0.15, -0.1) is 0 Å². The van der Waals surface area contributed by atoms with Gasteiger partial charge in [-0.3, -0.25) is 14.9 Å². The Kier molecular flexibility index (Phi) is 4.50. The first kappa shape index (κ1) is 17.7. The summed E-state index contributed by atoms with van der Waals surface area (Å²) >= 11 is 0. The van der Waals surface area contributed by atoms with E-state index in [0.29, 0.717) is 23.0 Å². The van der Waals surface area contributed by atoms with Gasteiger partial charge in [0.05, 0.1) is 10.5 Å². The van der Waals surface area contributed by atoms with Gasteiger partial charge in [0, 0.05) is 41.2 Å². The van der Waals surface area contributed by atoms with Gasteiger partial charge in [0.15, 0.2) is 0 Å². The van der Waals surface area contributed by atoms with Crippen LogP contribution in [0.5, 0.6) is 0 Å². The molecule has 0 bridgehead atoms. The van der Waals surface area contributed by atoms with E-state index in [4.69, 9.17) is 0 Å². The first-order valence-corrected chi connectivity index (χ1v) is 8.39. The molecule has 3 rings (SSSR count). The van der Waals surface area contributed by atoms with Gasteiger partial charge in [-0.1, -0.05) is 43.7 Å². The molecular formula is C20H21N3O3. The highest BCUT2D eigenvalue weighted by molar-refractivity contribution is 6.07. The van der Waals surface area contributed by atoms with E-state index in [1.54, 1.807) is 12.3 Å². The van der Waals surface area contributed by atoms with E-state index in [1.807, 2.05) is 25.1 Å². The van der Waals surface area contributed by atoms with Crippen LogP contribution >= 0.6 is 0 Å². The van der Waals surface area contributed by atoms with Crippen molar-refractivity contribution in [1.29, 1.82) is 0 Å². The minimum Gasteiger partial charge on any atom is -0.360 e. The zero-order valence-corrected chi connectivity index (χ0v) is 15.0. The second kappa shape index (κ2) is 6.63. The summed E-state index contributed by atoms with van der Waals surface area (Å²) in [6.45, 7) is 6.64. The number of nitro groups is 1. The number of carbonyl (C=O) groups excluding carboxylic acids is 1. The second-order valence-corrected chi connectivity index (χ2v) is 7.13. The number of nitrogens with zero attached hydrogens (tertiary/aromatic N) is 1. The predicted octanol–water partition coefficient (Wildman–Crippen LogP) is 4.09. The molecule has 0 atom stereocenters. The summed E-state index contributed by atoms with van der Waals surface area (Å²) in [5.74, 6) is -0.252. The summed E-state index contributed by atoms with van der Waals surface area (Å²) < 4.78 is 0. The number of fused-ring (bicyclic) bond motifs is 1. The lowest BCUT2D eigenvalue weighted by Crippen LogP contribution is -2.36. The van der Waals surface area contributed by atoms with Crippen LogP contribution in [0.2, 0.25) is 0 Å². The summed E-state index contributed by atoms with van der Waals surface area (Å²) in [7, 11) is 0. The highest BCUT2D eigenvalue weighted by atomic mass is 16.6. The Labute approximate surface area is 151 Å². The number of nitro benzene ring substituents is 1. The number of benzene rings is 2. The summed E-state index contributed by atoms with van der Waals surface area (Å²) in [6, 6.07) is 12.7. The molecule has 0 saturated carbocycles. The van der Waals surface area contributed by atoms with E-state index in [2.05, 4.69) is 30.2 Å². The quantitative estimate of drug-likeness (QED) is 0.536. The van der Waals surface area contributed by atoms with Crippen LogP contribution in [0.1, 0.15) is 35.3 Å². The monoisotopic (exact) mass is 351 g/mol. The first-order chi connectivity index (χ1) is 12.3. The van der Waals surface area contributed by atoms with Gasteiger partial charge in [-0.2, -0.15) is 0 Å². The van der Waals surface area contributed by atoms with Crippen molar-refractivity contribution in [2.24, 2.45) is 0 Å². The molecule has 6 nitrogen and oxygen atoms in total. The van der Waals surface area contributed by atoms with Crippen molar-refractivity contribution in [2.75, 3.05) is 6.54 Å². The van der Waals surface area contributed by atoms with E-state index in [1.165, 1.54) is 17.7 Å². The fraction of sp³-hybridized carbons (Fsp3) is 0.250. The summed E-state index contributed by atoms with van der Waals surface area (Å²) in [5, 5.41) is 14.5. The van der Waals surface area contributed by atoms with Gasteiger partial charge in [-0.25, -0.2) is 0 Å². The maximum absolute atomic E-state index is 12.6. The number of carbonyl (C=O) groups is 1. The molecule has 0 aliphatic heterocycles. The Hall–Kier alpha value is -3.15. The van der Waals surface area contributed by atoms with Crippen LogP contribution in [-0.4, -0.2) is 22.4 Å². The highest BCUT2D eigenvalue weighted by Gasteiger charge is 2.23. The van der Waals surface area contributed by atoms with Crippen LogP contribution in [-0.2, 0) is 5.41 Å². The third-order valence-corrected chi connectivity index (χ3v) is 4.61. The van der Waals surface area contributed by atoms with Gasteiger partial charge < -0.3 is 10.3 Å². The van der Waals surface area contributed by atoms with Crippen molar-refractivity contribution >= 4 is 22.5 Å². The maximum atomic E-state index is 12.6. The van der Waals surface area contributed by atoms with Crippen molar-refractivity contribution < 1.29 is 9.72 Å². The largest absolute Gasteiger partial charge is 0.360 e. The standard InChI is InChI=1S/C20H21N3O3/c1-13-5-4-6-14(9-13)20(2,3)12-22-19(24)17-11-21-18-8-7-15(23(25)26)10-16(17)18/h4-11,21H,12H2,1-3H3,(H,22,24). The molecule has 0 radical (unpaired) electrons. The van der Waals surface area contributed by atoms with Crippen LogP contribution in [0.25, 0.3) is 10.9 Å². The molecule has 6 heteroatoms. The van der Waals surface area contributed by atoms with Crippen molar-refractivity contribution in [3.05, 3.63) is 75.5 Å². The number of amides is 1. The molecule has 134 valence electrons. The van der Waals surface area contributed by atoms with Crippen LogP contribution in [0.15, 0.2) is 48.7 Å². The number of aromatic nitrogens is 1. The lowest BCUT2D eigenvalue weighted by molar-refractivity contribution is -0.384. The van der Waals surface area contributed by atoms with Gasteiger partial charge in [0.2, 0.25) is 0 Å². The van der Waals surface area contributed by atoms with Crippen molar-refractivity contribution in [3.63, 3.8) is 0 Å². The molecular weight excluding hydrogens is 330 g/mol. The minimum atomic E-state index is -0.463. The minimum absolute atomic E-state index is 0.0359. The molecule has 0 unspecified atom stereocenters. The van der Waals surface area contributed by atoms with Gasteiger partial charge in [0.1, 0.15) is 0 Å². The topological polar surface area (TPSA) is 88.0 Å². The average Bonchev–Trinajstić information content (AvgIpc) is 3.03. The molecule has 26 heavy (non-hydrogen) atoms. The molecule has 0 spiro atoms. The van der Waals surface area contributed by atoms with E-state index in [-0.39, 0.29) is 17.0 Å². The predicted molar refractivity (Wildman–Crippen MR) is 101 cm³/mol. The first-order valence-electron chi connectivity index (χ1n) is 8.39. The van der Waals surface area contributed by atoms with Crippen LogP contribution in [0.3, 0.4) is 0 Å². The number of non-ortho nitro benzene ring substituents is 1. The van der Waals surface area contributed by atoms with E-state index < -0.39 is 4.92 Å². The fourth-order valence-electron chi connectivity index (χ4n) is 2.97. The zero-order chi connectivity index (χ0) is 18.9. The maximum Gasteiger partial charge on any atom is 0.270 e. The number of aryl methyl sites for hydroxylation is 1. The van der Waals surface area contributed by atoms with Crippen LogP contribution < -0.4 is 5.32 Å². The molecule has 0 aliphatic rings. The number of aromatic amines is 1. The number of H-pyrrole nitrogens is 1. The Balaban J connectivity index is 1.81. The van der Waals surface area contributed by atoms with E-state index in [0.717, 1.165) is 5.56 Å². The molecule has 1 amide bonds. The molecule has 2 N–H and O–H groups in total. The normalized spacial score (nSPS) is 11.5. The Bertz CT molecular complexity index is 989. The van der Waals surface area contributed by atoms with Gasteiger partial charge in [0.25, 0.3) is 11.6 Å². The number of hydrogen-bond donors (Lipinski definition) is 2. The molecule has 3 aromatic rings. The van der Waals surface area contributed by atoms with Crippen LogP contribution in [0.4, 0.5) is 5.69 Å². The third kappa shape index (κ3) is 3.44. The Morgan fingerprint density at radius 2 is 2.00 bits per heavy atom. The smallest absolute Gasteiger partial charge is 0.270 e. The van der Waals surface area contributed by atoms with Crippen molar-refractivity contribution in [1.82, 2.24) is 10.3 Å². The lowest BCUT2D eigenvalue weighted by atomic mass is 9.84. The molecule has 2 aromatic carbocycles. The third-order valence-electron chi connectivity index (χ3n) is 4.61. The molecule has 0 aliphatic carbocycles. The summed E-state index contributed by atoms with van der Waals surface area (Å²) in [6.07, 6.45) is 1.59. The zero-order valence-electron chi connectivity index (χ0n) is 15.0. The molecule has 0 saturated heterocycles. The summed E-state index contributed by atoms with van der Waals surface area (Å²) in [5.41, 5.74) is 3.15. The van der Waals surface area contributed by atoms with Crippen molar-refractivity contribution in [3.8, 4) is 0 Å². The SMILES string of the molecule is Cc1cccc(C(C)(C)CNC(=O)c2c[nH]c3ccc([N+](=O)[O-])cc23)c1. The van der Waals surface area contributed by atoms with Gasteiger partial charge >= 0.3 is 0 Å². The molecule has 0 fully saturated rings. The summed E-state index contributed by atoms with van der Waals surface area (Å²) in [4.78, 5) is 26.2. The van der Waals surface area contributed by atoms with Crippen molar-refractivity contribution in [2.45, 2.75) is 26.2 Å².